The third-order valence-electron chi connectivity index (χ3n) is 3.68. The molecule has 3 aromatic rings. The maximum absolute atomic E-state index is 13.1. The summed E-state index contributed by atoms with van der Waals surface area (Å²) >= 11 is 0. The van der Waals surface area contributed by atoms with Gasteiger partial charge in [-0.1, -0.05) is 12.1 Å². The molecule has 0 bridgehead atoms. The van der Waals surface area contributed by atoms with Crippen molar-refractivity contribution in [2.75, 3.05) is 17.2 Å². The number of nitro groups is 1. The van der Waals surface area contributed by atoms with Crippen LogP contribution in [0.25, 0.3) is 0 Å². The summed E-state index contributed by atoms with van der Waals surface area (Å²) in [5.41, 5.74) is 0.998. The van der Waals surface area contributed by atoms with Crippen LogP contribution in [0.2, 0.25) is 0 Å². The fraction of sp³-hybridized carbons (Fsp3) is 0.188. The van der Waals surface area contributed by atoms with Crippen molar-refractivity contribution < 1.29 is 14.4 Å². The standard InChI is InChI=1S/C16H16FN7O3/c1-9-6-14(23-22-9)20-16-18-7-13(24(26)27)15(21-16)19-12(8-25)10-2-4-11(17)5-3-10/h2-7,12,25H,8H2,1H3,(H3,18,19,20,21,22,23)/t12-/m0/s1. The van der Waals surface area contributed by atoms with Crippen molar-refractivity contribution in [2.45, 2.75) is 13.0 Å². The Morgan fingerprint density at radius 3 is 2.70 bits per heavy atom. The highest BCUT2D eigenvalue weighted by Gasteiger charge is 2.21. The van der Waals surface area contributed by atoms with Gasteiger partial charge in [-0.3, -0.25) is 15.2 Å². The second kappa shape index (κ2) is 7.74. The SMILES string of the molecule is Cc1cc(Nc2ncc([N+](=O)[O-])c(N[C@@H](CO)c3ccc(F)cc3)n2)n[nH]1. The molecule has 0 saturated carbocycles. The zero-order valence-corrected chi connectivity index (χ0v) is 14.2. The fourth-order valence-electron chi connectivity index (χ4n) is 2.37. The zero-order chi connectivity index (χ0) is 19.4. The predicted molar refractivity (Wildman–Crippen MR) is 95.1 cm³/mol. The smallest absolute Gasteiger partial charge is 0.329 e. The van der Waals surface area contributed by atoms with Crippen LogP contribution in [0.4, 0.5) is 27.7 Å². The Bertz CT molecular complexity index is 945. The lowest BCUT2D eigenvalue weighted by atomic mass is 10.1. The molecule has 1 atom stereocenters. The summed E-state index contributed by atoms with van der Waals surface area (Å²) in [5, 5.41) is 33.3. The van der Waals surface area contributed by atoms with Gasteiger partial charge in [-0.25, -0.2) is 9.37 Å². The van der Waals surface area contributed by atoms with E-state index in [0.717, 1.165) is 11.9 Å². The molecule has 0 radical (unpaired) electrons. The summed E-state index contributed by atoms with van der Waals surface area (Å²) in [5.74, 6) is 0.0207. The molecular weight excluding hydrogens is 357 g/mol. The molecule has 1 aromatic carbocycles. The van der Waals surface area contributed by atoms with E-state index < -0.39 is 16.8 Å². The van der Waals surface area contributed by atoms with Crippen molar-refractivity contribution in [1.29, 1.82) is 0 Å². The van der Waals surface area contributed by atoms with Crippen molar-refractivity contribution >= 4 is 23.3 Å². The van der Waals surface area contributed by atoms with Crippen LogP contribution >= 0.6 is 0 Å². The second-order valence-corrected chi connectivity index (χ2v) is 5.68. The number of H-pyrrole nitrogens is 1. The number of aliphatic hydroxyl groups is 1. The molecule has 0 spiro atoms. The number of hydrogen-bond acceptors (Lipinski definition) is 8. The molecule has 0 amide bonds. The Kier molecular flexibility index (Phi) is 5.22. The Morgan fingerprint density at radius 1 is 1.37 bits per heavy atom. The molecule has 140 valence electrons. The molecule has 11 heteroatoms. The lowest BCUT2D eigenvalue weighted by molar-refractivity contribution is -0.384. The van der Waals surface area contributed by atoms with E-state index in [1.807, 2.05) is 6.92 Å². The number of anilines is 3. The number of aromatic amines is 1. The van der Waals surface area contributed by atoms with E-state index in [1.54, 1.807) is 6.07 Å². The summed E-state index contributed by atoms with van der Waals surface area (Å²) in [7, 11) is 0. The quantitative estimate of drug-likeness (QED) is 0.365. The van der Waals surface area contributed by atoms with Crippen LogP contribution in [0, 0.1) is 22.9 Å². The maximum Gasteiger partial charge on any atom is 0.329 e. The number of hydrogen-bond donors (Lipinski definition) is 4. The summed E-state index contributed by atoms with van der Waals surface area (Å²) in [6, 6.07) is 6.42. The molecule has 0 aliphatic rings. The molecule has 4 N–H and O–H groups in total. The Hall–Kier alpha value is -3.60. The molecule has 10 nitrogen and oxygen atoms in total. The number of aromatic nitrogens is 4. The van der Waals surface area contributed by atoms with Crippen LogP contribution in [0.1, 0.15) is 17.3 Å². The average molecular weight is 373 g/mol. The lowest BCUT2D eigenvalue weighted by Gasteiger charge is -2.17. The number of aryl methyl sites for hydroxylation is 1. The van der Waals surface area contributed by atoms with Gasteiger partial charge in [-0.2, -0.15) is 10.1 Å². The Morgan fingerprint density at radius 2 is 2.11 bits per heavy atom. The summed E-state index contributed by atoms with van der Waals surface area (Å²) in [6.07, 6.45) is 1.05. The number of rotatable bonds is 7. The van der Waals surface area contributed by atoms with E-state index >= 15 is 0 Å². The highest BCUT2D eigenvalue weighted by Crippen LogP contribution is 2.27. The van der Waals surface area contributed by atoms with E-state index in [9.17, 15) is 19.6 Å². The largest absolute Gasteiger partial charge is 0.394 e. The average Bonchev–Trinajstić information content (AvgIpc) is 3.05. The second-order valence-electron chi connectivity index (χ2n) is 5.68. The van der Waals surface area contributed by atoms with Crippen molar-refractivity contribution in [3.8, 4) is 0 Å². The Labute approximate surface area is 152 Å². The molecule has 3 rings (SSSR count). The minimum Gasteiger partial charge on any atom is -0.394 e. The van der Waals surface area contributed by atoms with Crippen LogP contribution in [0.3, 0.4) is 0 Å². The van der Waals surface area contributed by atoms with Gasteiger partial charge < -0.3 is 15.7 Å². The van der Waals surface area contributed by atoms with Gasteiger partial charge in [0.1, 0.15) is 12.0 Å². The van der Waals surface area contributed by atoms with E-state index in [2.05, 4.69) is 30.8 Å². The van der Waals surface area contributed by atoms with Crippen LogP contribution in [-0.4, -0.2) is 36.8 Å². The third kappa shape index (κ3) is 4.33. The Balaban J connectivity index is 1.89. The molecule has 0 unspecified atom stereocenters. The van der Waals surface area contributed by atoms with Crippen LogP contribution < -0.4 is 10.6 Å². The molecular formula is C16H16FN7O3. The van der Waals surface area contributed by atoms with Crippen molar-refractivity contribution in [3.63, 3.8) is 0 Å². The van der Waals surface area contributed by atoms with E-state index in [1.165, 1.54) is 24.3 Å². The van der Waals surface area contributed by atoms with Crippen LogP contribution in [-0.2, 0) is 0 Å². The third-order valence-corrected chi connectivity index (χ3v) is 3.68. The molecule has 2 aromatic heterocycles. The van der Waals surface area contributed by atoms with Gasteiger partial charge in [0.25, 0.3) is 0 Å². The fourth-order valence-corrected chi connectivity index (χ4v) is 2.37. The minimum atomic E-state index is -0.723. The molecule has 0 aliphatic carbocycles. The number of nitrogens with zero attached hydrogens (tertiary/aromatic N) is 4. The normalized spacial score (nSPS) is 11.8. The molecule has 0 saturated heterocycles. The van der Waals surface area contributed by atoms with Gasteiger partial charge in [-0.05, 0) is 24.6 Å². The van der Waals surface area contributed by atoms with Crippen LogP contribution in [0.5, 0.6) is 0 Å². The zero-order valence-electron chi connectivity index (χ0n) is 14.2. The molecule has 27 heavy (non-hydrogen) atoms. The van der Waals surface area contributed by atoms with Crippen molar-refractivity contribution in [3.05, 3.63) is 63.7 Å². The lowest BCUT2D eigenvalue weighted by Crippen LogP contribution is -2.17. The van der Waals surface area contributed by atoms with Crippen molar-refractivity contribution in [1.82, 2.24) is 20.2 Å². The number of nitrogens with one attached hydrogen (secondary N) is 3. The topological polar surface area (TPSA) is 142 Å². The first-order valence-electron chi connectivity index (χ1n) is 7.89. The summed E-state index contributed by atoms with van der Waals surface area (Å²) < 4.78 is 13.1. The van der Waals surface area contributed by atoms with E-state index in [4.69, 9.17) is 0 Å². The number of halogens is 1. The van der Waals surface area contributed by atoms with E-state index in [-0.39, 0.29) is 24.1 Å². The molecule has 0 fully saturated rings. The predicted octanol–water partition coefficient (Wildman–Crippen LogP) is 2.44. The first-order valence-corrected chi connectivity index (χ1v) is 7.89. The van der Waals surface area contributed by atoms with Gasteiger partial charge in [0.05, 0.1) is 17.6 Å². The number of aliphatic hydroxyl groups excluding tert-OH is 1. The summed E-state index contributed by atoms with van der Waals surface area (Å²) in [6.45, 7) is 1.44. The highest BCUT2D eigenvalue weighted by atomic mass is 19.1. The van der Waals surface area contributed by atoms with Gasteiger partial charge in [0.2, 0.25) is 11.8 Å². The van der Waals surface area contributed by atoms with Gasteiger partial charge in [0, 0.05) is 11.8 Å². The van der Waals surface area contributed by atoms with Crippen molar-refractivity contribution in [2.24, 2.45) is 0 Å². The van der Waals surface area contributed by atoms with E-state index in [0.29, 0.717) is 11.4 Å². The molecule has 0 aliphatic heterocycles. The van der Waals surface area contributed by atoms with Gasteiger partial charge in [-0.15, -0.1) is 0 Å². The number of benzene rings is 1. The van der Waals surface area contributed by atoms with Gasteiger partial charge in [0.15, 0.2) is 5.82 Å². The highest BCUT2D eigenvalue weighted by molar-refractivity contribution is 5.60. The first-order chi connectivity index (χ1) is 13.0. The monoisotopic (exact) mass is 373 g/mol. The maximum atomic E-state index is 13.1. The van der Waals surface area contributed by atoms with Crippen LogP contribution in [0.15, 0.2) is 36.5 Å². The first kappa shape index (κ1) is 18.2. The molecule has 2 heterocycles. The minimum absolute atomic E-state index is 0.0883. The van der Waals surface area contributed by atoms with Gasteiger partial charge >= 0.3 is 5.69 Å². The summed E-state index contributed by atoms with van der Waals surface area (Å²) in [4.78, 5) is 18.7.